The van der Waals surface area contributed by atoms with Crippen LogP contribution in [-0.4, -0.2) is 43.1 Å². The lowest BCUT2D eigenvalue weighted by Gasteiger charge is -2.22. The van der Waals surface area contributed by atoms with Crippen molar-refractivity contribution in [1.82, 2.24) is 14.5 Å². The van der Waals surface area contributed by atoms with Gasteiger partial charge in [0.05, 0.1) is 11.5 Å². The maximum Gasteiger partial charge on any atom is 0.164 e. The van der Waals surface area contributed by atoms with Gasteiger partial charge in [0, 0.05) is 17.1 Å². The fourth-order valence-electron chi connectivity index (χ4n) is 3.48. The smallest absolute Gasteiger partial charge is 0.164 e. The number of benzene rings is 1. The molecule has 3 heterocycles. The van der Waals surface area contributed by atoms with Gasteiger partial charge in [0.2, 0.25) is 0 Å². The summed E-state index contributed by atoms with van der Waals surface area (Å²) in [5.74, 6) is 0.219. The molecule has 1 aliphatic rings. The van der Waals surface area contributed by atoms with Gasteiger partial charge in [-0.2, -0.15) is 0 Å². The number of halogens is 1. The predicted molar refractivity (Wildman–Crippen MR) is 97.7 cm³/mol. The summed E-state index contributed by atoms with van der Waals surface area (Å²) in [6.07, 6.45) is -0.390. The molecule has 0 radical (unpaired) electrons. The van der Waals surface area contributed by atoms with Crippen LogP contribution in [-0.2, 0) is 4.74 Å². The SMILES string of the molecule is C[C@@H](c1ccc(Cl)cc1)[C@H]1O[C@@H](n2ccc3c(N)ncnc32)[C@H](O)[C@@H]1O. The monoisotopic (exact) mass is 374 g/mol. The van der Waals surface area contributed by atoms with Gasteiger partial charge >= 0.3 is 0 Å². The molecule has 0 amide bonds. The van der Waals surface area contributed by atoms with E-state index in [1.54, 1.807) is 29.0 Å². The molecule has 26 heavy (non-hydrogen) atoms. The summed E-state index contributed by atoms with van der Waals surface area (Å²) in [5.41, 5.74) is 7.38. The summed E-state index contributed by atoms with van der Waals surface area (Å²) in [7, 11) is 0. The molecule has 1 saturated heterocycles. The van der Waals surface area contributed by atoms with Crippen molar-refractivity contribution in [2.45, 2.75) is 37.4 Å². The third-order valence-corrected chi connectivity index (χ3v) is 5.23. The number of ether oxygens (including phenoxy) is 1. The van der Waals surface area contributed by atoms with E-state index in [2.05, 4.69) is 9.97 Å². The first-order chi connectivity index (χ1) is 12.5. The van der Waals surface area contributed by atoms with Crippen molar-refractivity contribution in [2.75, 3.05) is 5.73 Å². The third-order valence-electron chi connectivity index (χ3n) is 4.98. The Kier molecular flexibility index (Phi) is 4.32. The highest BCUT2D eigenvalue weighted by Crippen LogP contribution is 2.38. The first kappa shape index (κ1) is 17.2. The number of hydrogen-bond acceptors (Lipinski definition) is 6. The number of anilines is 1. The van der Waals surface area contributed by atoms with Crippen LogP contribution in [0.4, 0.5) is 5.82 Å². The number of fused-ring (bicyclic) bond motifs is 1. The van der Waals surface area contributed by atoms with Crippen LogP contribution in [0.15, 0.2) is 42.9 Å². The topological polar surface area (TPSA) is 106 Å². The fraction of sp³-hybridized carbons (Fsp3) is 0.333. The van der Waals surface area contributed by atoms with Crippen molar-refractivity contribution in [2.24, 2.45) is 0 Å². The molecule has 1 aromatic carbocycles. The lowest BCUT2D eigenvalue weighted by Crippen LogP contribution is -2.34. The maximum atomic E-state index is 10.6. The van der Waals surface area contributed by atoms with Crippen LogP contribution < -0.4 is 5.73 Å². The molecule has 8 heteroatoms. The Morgan fingerprint density at radius 1 is 1.15 bits per heavy atom. The Morgan fingerprint density at radius 3 is 2.62 bits per heavy atom. The zero-order valence-electron chi connectivity index (χ0n) is 14.0. The second-order valence-corrected chi connectivity index (χ2v) is 6.97. The Balaban J connectivity index is 1.65. The molecule has 0 saturated carbocycles. The molecule has 1 fully saturated rings. The molecule has 4 N–H and O–H groups in total. The van der Waals surface area contributed by atoms with Crippen molar-refractivity contribution < 1.29 is 14.9 Å². The molecular formula is C18H19ClN4O3. The first-order valence-corrected chi connectivity index (χ1v) is 8.69. The number of rotatable bonds is 3. The quantitative estimate of drug-likeness (QED) is 0.648. The van der Waals surface area contributed by atoms with Crippen LogP contribution >= 0.6 is 11.6 Å². The molecule has 1 aliphatic heterocycles. The highest BCUT2D eigenvalue weighted by Gasteiger charge is 2.46. The second-order valence-electron chi connectivity index (χ2n) is 6.53. The van der Waals surface area contributed by atoms with Crippen LogP contribution in [0.2, 0.25) is 5.02 Å². The number of hydrogen-bond donors (Lipinski definition) is 3. The van der Waals surface area contributed by atoms with E-state index >= 15 is 0 Å². The van der Waals surface area contributed by atoms with E-state index in [-0.39, 0.29) is 5.92 Å². The lowest BCUT2D eigenvalue weighted by atomic mass is 9.91. The maximum absolute atomic E-state index is 10.6. The molecule has 5 atom stereocenters. The normalized spacial score (nSPS) is 27.1. The minimum absolute atomic E-state index is 0.136. The molecule has 136 valence electrons. The number of nitrogens with zero attached hydrogens (tertiary/aromatic N) is 3. The van der Waals surface area contributed by atoms with Gasteiger partial charge in [-0.05, 0) is 23.8 Å². The molecule has 0 spiro atoms. The summed E-state index contributed by atoms with van der Waals surface area (Å²) in [6.45, 7) is 1.94. The molecule has 4 rings (SSSR count). The minimum atomic E-state index is -1.10. The first-order valence-electron chi connectivity index (χ1n) is 8.31. The van der Waals surface area contributed by atoms with Crippen LogP contribution in [0.25, 0.3) is 11.0 Å². The Labute approximate surface area is 155 Å². The van der Waals surface area contributed by atoms with Gasteiger partial charge in [-0.25, -0.2) is 9.97 Å². The van der Waals surface area contributed by atoms with Gasteiger partial charge in [-0.15, -0.1) is 0 Å². The summed E-state index contributed by atoms with van der Waals surface area (Å²) >= 11 is 5.94. The van der Waals surface area contributed by atoms with E-state index in [1.807, 2.05) is 19.1 Å². The van der Waals surface area contributed by atoms with E-state index in [0.717, 1.165) is 5.56 Å². The molecule has 0 bridgehead atoms. The summed E-state index contributed by atoms with van der Waals surface area (Å²) in [4.78, 5) is 8.19. The zero-order chi connectivity index (χ0) is 18.4. The van der Waals surface area contributed by atoms with E-state index in [1.165, 1.54) is 6.33 Å². The van der Waals surface area contributed by atoms with E-state index in [0.29, 0.717) is 21.9 Å². The van der Waals surface area contributed by atoms with Crippen LogP contribution in [0.1, 0.15) is 24.6 Å². The molecule has 0 unspecified atom stereocenters. The molecule has 7 nitrogen and oxygen atoms in total. The summed E-state index contributed by atoms with van der Waals surface area (Å²) < 4.78 is 7.73. The van der Waals surface area contributed by atoms with Crippen LogP contribution in [0.5, 0.6) is 0 Å². The van der Waals surface area contributed by atoms with Gasteiger partial charge in [0.15, 0.2) is 6.23 Å². The number of nitrogens with two attached hydrogens (primary N) is 1. The van der Waals surface area contributed by atoms with Crippen molar-refractivity contribution in [1.29, 1.82) is 0 Å². The fourth-order valence-corrected chi connectivity index (χ4v) is 3.61. The Morgan fingerprint density at radius 2 is 1.88 bits per heavy atom. The van der Waals surface area contributed by atoms with E-state index in [9.17, 15) is 10.2 Å². The van der Waals surface area contributed by atoms with Crippen LogP contribution in [0, 0.1) is 0 Å². The molecule has 3 aromatic rings. The predicted octanol–water partition coefficient (Wildman–Crippen LogP) is 2.09. The van der Waals surface area contributed by atoms with Gasteiger partial charge in [0.25, 0.3) is 0 Å². The van der Waals surface area contributed by atoms with E-state index in [4.69, 9.17) is 22.1 Å². The second kappa shape index (κ2) is 6.51. The average molecular weight is 375 g/mol. The van der Waals surface area contributed by atoms with Gasteiger partial charge in [0.1, 0.15) is 30.0 Å². The number of aliphatic hydroxyl groups is 2. The lowest BCUT2D eigenvalue weighted by molar-refractivity contribution is -0.0409. The minimum Gasteiger partial charge on any atom is -0.387 e. The van der Waals surface area contributed by atoms with Gasteiger partial charge < -0.3 is 25.3 Å². The molecular weight excluding hydrogens is 356 g/mol. The van der Waals surface area contributed by atoms with Crippen molar-refractivity contribution in [3.63, 3.8) is 0 Å². The van der Waals surface area contributed by atoms with Crippen molar-refractivity contribution in [3.05, 3.63) is 53.4 Å². The van der Waals surface area contributed by atoms with Crippen molar-refractivity contribution in [3.8, 4) is 0 Å². The third kappa shape index (κ3) is 2.73. The largest absolute Gasteiger partial charge is 0.387 e. The standard InChI is InChI=1S/C18H19ClN4O3/c1-9(10-2-4-11(19)5-3-10)15-13(24)14(25)18(26-15)23-7-6-12-16(20)21-8-22-17(12)23/h2-9,13-15,18,24-25H,1H3,(H2,20,21,22)/t9-,13-,14+,15+,18+/m0/s1. The summed E-state index contributed by atoms with van der Waals surface area (Å²) in [5, 5.41) is 22.5. The zero-order valence-corrected chi connectivity index (χ0v) is 14.8. The highest BCUT2D eigenvalue weighted by molar-refractivity contribution is 6.30. The van der Waals surface area contributed by atoms with Gasteiger partial charge in [-0.3, -0.25) is 0 Å². The Hall–Kier alpha value is -2.19. The van der Waals surface area contributed by atoms with Crippen LogP contribution in [0.3, 0.4) is 0 Å². The summed E-state index contributed by atoms with van der Waals surface area (Å²) in [6, 6.07) is 9.14. The molecule has 0 aliphatic carbocycles. The highest BCUT2D eigenvalue weighted by atomic mass is 35.5. The van der Waals surface area contributed by atoms with Crippen molar-refractivity contribution >= 4 is 28.5 Å². The number of nitrogen functional groups attached to an aromatic ring is 1. The Bertz CT molecular complexity index is 930. The van der Waals surface area contributed by atoms with Gasteiger partial charge in [-0.1, -0.05) is 30.7 Å². The number of aromatic nitrogens is 3. The average Bonchev–Trinajstić information content (AvgIpc) is 3.18. The molecule has 2 aromatic heterocycles. The van der Waals surface area contributed by atoms with E-state index < -0.39 is 24.5 Å². The number of aliphatic hydroxyl groups excluding tert-OH is 2.